The Kier molecular flexibility index (Phi) is 3.70. The van der Waals surface area contributed by atoms with Crippen LogP contribution in [0.1, 0.15) is 31.9 Å². The quantitative estimate of drug-likeness (QED) is 0.602. The fourth-order valence-corrected chi connectivity index (χ4v) is 1.63. The molecule has 1 rings (SSSR count). The van der Waals surface area contributed by atoms with Crippen LogP contribution in [0.15, 0.2) is 42.0 Å². The Labute approximate surface area is 87.0 Å². The summed E-state index contributed by atoms with van der Waals surface area (Å²) in [5, 5.41) is 0. The molecule has 0 unspecified atom stereocenters. The lowest BCUT2D eigenvalue weighted by Gasteiger charge is -2.10. The van der Waals surface area contributed by atoms with Crippen LogP contribution in [-0.4, -0.2) is 0 Å². The molecule has 0 aliphatic rings. The summed E-state index contributed by atoms with van der Waals surface area (Å²) >= 11 is 0. The maximum absolute atomic E-state index is 2.18. The van der Waals surface area contributed by atoms with Crippen LogP contribution in [0, 0.1) is 6.92 Å². The first-order chi connectivity index (χ1) is 6.70. The van der Waals surface area contributed by atoms with E-state index in [9.17, 15) is 0 Å². The largest absolute Gasteiger partial charge is 0.0841 e. The van der Waals surface area contributed by atoms with E-state index < -0.39 is 0 Å². The molecule has 0 saturated carbocycles. The van der Waals surface area contributed by atoms with Crippen LogP contribution in [0.25, 0.3) is 5.57 Å². The van der Waals surface area contributed by atoms with Crippen LogP contribution in [0.5, 0.6) is 0 Å². The fourth-order valence-electron chi connectivity index (χ4n) is 1.63. The van der Waals surface area contributed by atoms with Gasteiger partial charge in [-0.25, -0.2) is 0 Å². The maximum atomic E-state index is 2.18. The molecule has 0 heteroatoms. The topological polar surface area (TPSA) is 0 Å². The van der Waals surface area contributed by atoms with E-state index in [0.717, 1.165) is 0 Å². The van der Waals surface area contributed by atoms with Gasteiger partial charge in [0.05, 0.1) is 0 Å². The summed E-state index contributed by atoms with van der Waals surface area (Å²) in [6.07, 6.45) is 4.33. The predicted molar refractivity (Wildman–Crippen MR) is 64.3 cm³/mol. The van der Waals surface area contributed by atoms with Crippen molar-refractivity contribution in [1.82, 2.24) is 0 Å². The molecular formula is C14H18. The van der Waals surface area contributed by atoms with Gasteiger partial charge in [-0.3, -0.25) is 0 Å². The third kappa shape index (κ3) is 2.14. The molecule has 0 bridgehead atoms. The van der Waals surface area contributed by atoms with Crippen LogP contribution >= 0.6 is 0 Å². The molecule has 0 fully saturated rings. The van der Waals surface area contributed by atoms with Crippen LogP contribution in [0.4, 0.5) is 0 Å². The average Bonchev–Trinajstić information content (AvgIpc) is 2.21. The second-order valence-electron chi connectivity index (χ2n) is 3.49. The lowest BCUT2D eigenvalue weighted by Crippen LogP contribution is -1.89. The predicted octanol–water partition coefficient (Wildman–Crippen LogP) is 4.36. The van der Waals surface area contributed by atoms with Crippen molar-refractivity contribution in [3.05, 3.63) is 53.1 Å². The first kappa shape index (κ1) is 10.8. The summed E-state index contributed by atoms with van der Waals surface area (Å²) in [6.45, 7) is 8.48. The molecule has 0 aliphatic heterocycles. The van der Waals surface area contributed by atoms with Gasteiger partial charge in [0.15, 0.2) is 0 Å². The molecule has 0 radical (unpaired) electrons. The van der Waals surface area contributed by atoms with Gasteiger partial charge in [-0.15, -0.1) is 0 Å². The number of rotatable bonds is 2. The van der Waals surface area contributed by atoms with Crippen molar-refractivity contribution in [3.63, 3.8) is 0 Å². The highest BCUT2D eigenvalue weighted by Crippen LogP contribution is 2.25. The number of allylic oxidation sites excluding steroid dienone is 4. The lowest BCUT2D eigenvalue weighted by molar-refractivity contribution is 1.38. The Balaban J connectivity index is 3.22. The SMILES string of the molecule is C/C=C(C)\C(=C/C)c1ccccc1C. The molecule has 0 heterocycles. The zero-order chi connectivity index (χ0) is 10.6. The van der Waals surface area contributed by atoms with Gasteiger partial charge in [-0.1, -0.05) is 36.4 Å². The second-order valence-corrected chi connectivity index (χ2v) is 3.49. The average molecular weight is 186 g/mol. The zero-order valence-electron chi connectivity index (χ0n) is 9.46. The van der Waals surface area contributed by atoms with Crippen molar-refractivity contribution in [2.75, 3.05) is 0 Å². The number of aryl methyl sites for hydroxylation is 1. The van der Waals surface area contributed by atoms with E-state index in [1.807, 2.05) is 0 Å². The minimum atomic E-state index is 1.34. The van der Waals surface area contributed by atoms with E-state index in [2.05, 4.69) is 64.1 Å². The second kappa shape index (κ2) is 4.80. The molecule has 1 aromatic rings. The highest BCUT2D eigenvalue weighted by molar-refractivity contribution is 5.79. The normalized spacial score (nSPS) is 13.1. The van der Waals surface area contributed by atoms with Crippen LogP contribution in [0.3, 0.4) is 0 Å². The summed E-state index contributed by atoms with van der Waals surface area (Å²) in [6, 6.07) is 8.51. The Morgan fingerprint density at radius 3 is 2.21 bits per heavy atom. The summed E-state index contributed by atoms with van der Waals surface area (Å²) in [5.41, 5.74) is 5.35. The van der Waals surface area contributed by atoms with E-state index in [1.54, 1.807) is 0 Å². The Bertz CT molecular complexity index is 367. The highest BCUT2D eigenvalue weighted by atomic mass is 14.1. The molecule has 74 valence electrons. The summed E-state index contributed by atoms with van der Waals surface area (Å²) < 4.78 is 0. The van der Waals surface area contributed by atoms with E-state index in [0.29, 0.717) is 0 Å². The molecular weight excluding hydrogens is 168 g/mol. The molecule has 14 heavy (non-hydrogen) atoms. The van der Waals surface area contributed by atoms with Gasteiger partial charge < -0.3 is 0 Å². The maximum Gasteiger partial charge on any atom is -0.0155 e. The van der Waals surface area contributed by atoms with Crippen LogP contribution in [0.2, 0.25) is 0 Å². The zero-order valence-corrected chi connectivity index (χ0v) is 9.46. The number of hydrogen-bond donors (Lipinski definition) is 0. The minimum absolute atomic E-state index is 1.34. The third-order valence-electron chi connectivity index (χ3n) is 2.58. The van der Waals surface area contributed by atoms with Gasteiger partial charge in [0, 0.05) is 0 Å². The van der Waals surface area contributed by atoms with Gasteiger partial charge in [-0.2, -0.15) is 0 Å². The van der Waals surface area contributed by atoms with Crippen molar-refractivity contribution in [1.29, 1.82) is 0 Å². The van der Waals surface area contributed by atoms with E-state index in [1.165, 1.54) is 22.3 Å². The molecule has 0 N–H and O–H groups in total. The van der Waals surface area contributed by atoms with Gasteiger partial charge in [0.1, 0.15) is 0 Å². The third-order valence-corrected chi connectivity index (χ3v) is 2.58. The van der Waals surface area contributed by atoms with Crippen molar-refractivity contribution in [2.45, 2.75) is 27.7 Å². The molecule has 0 spiro atoms. The first-order valence-electron chi connectivity index (χ1n) is 5.06. The van der Waals surface area contributed by atoms with E-state index in [4.69, 9.17) is 0 Å². The van der Waals surface area contributed by atoms with Crippen molar-refractivity contribution < 1.29 is 0 Å². The van der Waals surface area contributed by atoms with Crippen molar-refractivity contribution in [2.24, 2.45) is 0 Å². The van der Waals surface area contributed by atoms with Crippen molar-refractivity contribution in [3.8, 4) is 0 Å². The summed E-state index contributed by atoms with van der Waals surface area (Å²) in [4.78, 5) is 0. The molecule has 0 aromatic heterocycles. The Morgan fingerprint density at radius 1 is 1.07 bits per heavy atom. The lowest BCUT2D eigenvalue weighted by atomic mass is 9.95. The summed E-state index contributed by atoms with van der Waals surface area (Å²) in [5.74, 6) is 0. The van der Waals surface area contributed by atoms with Crippen LogP contribution < -0.4 is 0 Å². The smallest absolute Gasteiger partial charge is 0.0155 e. The molecule has 0 atom stereocenters. The highest BCUT2D eigenvalue weighted by Gasteiger charge is 2.03. The van der Waals surface area contributed by atoms with Crippen LogP contribution in [-0.2, 0) is 0 Å². The van der Waals surface area contributed by atoms with E-state index in [-0.39, 0.29) is 0 Å². The fraction of sp³-hybridized carbons (Fsp3) is 0.286. The molecule has 0 amide bonds. The molecule has 1 aromatic carbocycles. The summed E-state index contributed by atoms with van der Waals surface area (Å²) in [7, 11) is 0. The van der Waals surface area contributed by atoms with Gasteiger partial charge in [0.25, 0.3) is 0 Å². The number of hydrogen-bond acceptors (Lipinski definition) is 0. The Morgan fingerprint density at radius 2 is 1.71 bits per heavy atom. The van der Waals surface area contributed by atoms with Gasteiger partial charge in [-0.05, 0) is 50.0 Å². The van der Waals surface area contributed by atoms with Crippen molar-refractivity contribution >= 4 is 5.57 Å². The molecule has 0 aliphatic carbocycles. The number of benzene rings is 1. The standard InChI is InChI=1S/C14H18/c1-5-11(3)13(6-2)14-10-8-7-9-12(14)4/h5-10H,1-4H3/b11-5-,13-6+. The first-order valence-corrected chi connectivity index (χ1v) is 5.06. The minimum Gasteiger partial charge on any atom is -0.0841 e. The molecule has 0 saturated heterocycles. The monoisotopic (exact) mass is 186 g/mol. The van der Waals surface area contributed by atoms with Gasteiger partial charge >= 0.3 is 0 Å². The molecule has 0 nitrogen and oxygen atoms in total. The van der Waals surface area contributed by atoms with E-state index >= 15 is 0 Å². The van der Waals surface area contributed by atoms with Gasteiger partial charge in [0.2, 0.25) is 0 Å². The Hall–Kier alpha value is -1.30.